The lowest BCUT2D eigenvalue weighted by molar-refractivity contribution is -0.0569. The topological polar surface area (TPSA) is 73.1 Å². The summed E-state index contributed by atoms with van der Waals surface area (Å²) in [5, 5.41) is 8.25. The highest BCUT2D eigenvalue weighted by Gasteiger charge is 2.44. The van der Waals surface area contributed by atoms with Crippen molar-refractivity contribution < 1.29 is 13.9 Å². The van der Waals surface area contributed by atoms with Crippen LogP contribution in [0.2, 0.25) is 10.0 Å². The van der Waals surface area contributed by atoms with E-state index in [1.54, 1.807) is 11.1 Å². The zero-order valence-electron chi connectivity index (χ0n) is 14.9. The van der Waals surface area contributed by atoms with E-state index in [4.69, 9.17) is 27.9 Å². The van der Waals surface area contributed by atoms with E-state index in [0.717, 1.165) is 6.07 Å². The molecule has 2 aliphatic rings. The van der Waals surface area contributed by atoms with Crippen molar-refractivity contribution in [2.24, 2.45) is 0 Å². The van der Waals surface area contributed by atoms with Crippen LogP contribution in [0.3, 0.4) is 0 Å². The fourth-order valence-corrected chi connectivity index (χ4v) is 4.24. The van der Waals surface area contributed by atoms with Gasteiger partial charge in [0.05, 0.1) is 34.9 Å². The van der Waals surface area contributed by atoms with E-state index in [0.29, 0.717) is 30.5 Å². The molecule has 2 bridgehead atoms. The first kappa shape index (κ1) is 18.5. The number of rotatable bonds is 2. The predicted molar refractivity (Wildman–Crippen MR) is 103 cm³/mol. The molecular formula is C19H14Cl2FN5O2. The molecule has 10 heteroatoms. The number of benzene rings is 1. The molecule has 1 saturated heterocycles. The maximum absolute atomic E-state index is 13.7. The number of aromatic nitrogens is 4. The van der Waals surface area contributed by atoms with Gasteiger partial charge >= 0.3 is 0 Å². The van der Waals surface area contributed by atoms with E-state index in [2.05, 4.69) is 15.2 Å². The third-order valence-corrected chi connectivity index (χ3v) is 6.04. The normalized spacial score (nSPS) is 20.4. The van der Waals surface area contributed by atoms with Crippen molar-refractivity contribution in [1.29, 1.82) is 0 Å². The molecule has 148 valence electrons. The SMILES string of the molecule is O=C(c1ccc(F)c(Cl)c1Cl)N1C2COCC1c1nnc(-c3ccccn3)n1C2. The quantitative estimate of drug-likeness (QED) is 0.579. The molecule has 2 atom stereocenters. The Labute approximate surface area is 175 Å². The number of halogens is 3. The van der Waals surface area contributed by atoms with Crippen LogP contribution >= 0.6 is 23.2 Å². The Bertz CT molecular complexity index is 1110. The molecule has 5 rings (SSSR count). The molecule has 1 fully saturated rings. The smallest absolute Gasteiger partial charge is 0.256 e. The van der Waals surface area contributed by atoms with E-state index < -0.39 is 11.9 Å². The molecule has 2 unspecified atom stereocenters. The predicted octanol–water partition coefficient (Wildman–Crippen LogP) is 3.38. The molecule has 29 heavy (non-hydrogen) atoms. The number of fused-ring (bicyclic) bond motifs is 4. The fourth-order valence-electron chi connectivity index (χ4n) is 3.84. The molecule has 0 saturated carbocycles. The lowest BCUT2D eigenvalue weighted by Gasteiger charge is -2.45. The molecule has 0 aliphatic carbocycles. The van der Waals surface area contributed by atoms with Crippen molar-refractivity contribution in [3.8, 4) is 11.5 Å². The Hall–Kier alpha value is -2.55. The standard InChI is InChI=1S/C19H14Cl2FN5O2/c20-15-11(4-5-12(22)16(15)21)19(28)27-10-7-26-17(13-3-1-2-6-23-13)24-25-18(26)14(27)9-29-8-10/h1-6,10,14H,7-9H2. The number of amides is 1. The molecule has 1 aromatic carbocycles. The lowest BCUT2D eigenvalue weighted by Crippen LogP contribution is -2.56. The van der Waals surface area contributed by atoms with E-state index in [-0.39, 0.29) is 34.2 Å². The fraction of sp³-hybridized carbons (Fsp3) is 0.263. The Morgan fingerprint density at radius 2 is 2.00 bits per heavy atom. The van der Waals surface area contributed by atoms with Crippen molar-refractivity contribution >= 4 is 29.1 Å². The second-order valence-electron chi connectivity index (χ2n) is 6.85. The number of hydrogen-bond donors (Lipinski definition) is 0. The number of carbonyl (C=O) groups excluding carboxylic acids is 1. The van der Waals surface area contributed by atoms with Gasteiger partial charge in [0.15, 0.2) is 11.6 Å². The first-order chi connectivity index (χ1) is 14.1. The zero-order chi connectivity index (χ0) is 20.1. The van der Waals surface area contributed by atoms with Crippen molar-refractivity contribution in [3.05, 3.63) is 63.8 Å². The van der Waals surface area contributed by atoms with Crippen molar-refractivity contribution in [3.63, 3.8) is 0 Å². The van der Waals surface area contributed by atoms with Gasteiger partial charge in [0.1, 0.15) is 17.6 Å². The summed E-state index contributed by atoms with van der Waals surface area (Å²) in [5.41, 5.74) is 0.853. The van der Waals surface area contributed by atoms with Gasteiger partial charge in [-0.15, -0.1) is 10.2 Å². The summed E-state index contributed by atoms with van der Waals surface area (Å²) in [5.74, 6) is 0.241. The van der Waals surface area contributed by atoms with Crippen LogP contribution in [0.25, 0.3) is 11.5 Å². The summed E-state index contributed by atoms with van der Waals surface area (Å²) in [6.45, 7) is 1.08. The lowest BCUT2D eigenvalue weighted by atomic mass is 10.0. The number of pyridine rings is 1. The largest absolute Gasteiger partial charge is 0.377 e. The summed E-state index contributed by atoms with van der Waals surface area (Å²) in [6, 6.07) is 7.36. The second-order valence-corrected chi connectivity index (χ2v) is 7.61. The number of nitrogens with zero attached hydrogens (tertiary/aromatic N) is 5. The molecule has 0 radical (unpaired) electrons. The van der Waals surface area contributed by atoms with Gasteiger partial charge in [0.2, 0.25) is 0 Å². The highest BCUT2D eigenvalue weighted by atomic mass is 35.5. The Balaban J connectivity index is 1.56. The average Bonchev–Trinajstić information content (AvgIpc) is 3.15. The minimum Gasteiger partial charge on any atom is -0.377 e. The summed E-state index contributed by atoms with van der Waals surface area (Å²) < 4.78 is 21.3. The van der Waals surface area contributed by atoms with Crippen LogP contribution in [0.5, 0.6) is 0 Å². The van der Waals surface area contributed by atoms with Crippen LogP contribution in [0, 0.1) is 5.82 Å². The highest BCUT2D eigenvalue weighted by molar-refractivity contribution is 6.44. The summed E-state index contributed by atoms with van der Waals surface area (Å²) in [4.78, 5) is 19.4. The van der Waals surface area contributed by atoms with Gasteiger partial charge in [0, 0.05) is 12.7 Å². The van der Waals surface area contributed by atoms with Gasteiger partial charge in [-0.25, -0.2) is 4.39 Å². The molecule has 0 spiro atoms. The van der Waals surface area contributed by atoms with E-state index in [1.807, 2.05) is 22.8 Å². The van der Waals surface area contributed by atoms with E-state index >= 15 is 0 Å². The third-order valence-electron chi connectivity index (χ3n) is 5.18. The first-order valence-corrected chi connectivity index (χ1v) is 9.70. The summed E-state index contributed by atoms with van der Waals surface area (Å²) in [6.07, 6.45) is 1.69. The molecule has 2 aromatic heterocycles. The van der Waals surface area contributed by atoms with Crippen LogP contribution < -0.4 is 0 Å². The minimum absolute atomic E-state index is 0.100. The van der Waals surface area contributed by atoms with Gasteiger partial charge in [-0.2, -0.15) is 0 Å². The monoisotopic (exact) mass is 433 g/mol. The number of morpholine rings is 1. The number of ether oxygens (including phenoxy) is 1. The van der Waals surface area contributed by atoms with Gasteiger partial charge in [0.25, 0.3) is 5.91 Å². The van der Waals surface area contributed by atoms with E-state index in [1.165, 1.54) is 6.07 Å². The van der Waals surface area contributed by atoms with Crippen LogP contribution in [0.4, 0.5) is 4.39 Å². The maximum Gasteiger partial charge on any atom is 0.256 e. The van der Waals surface area contributed by atoms with Crippen LogP contribution in [0.15, 0.2) is 36.5 Å². The Kier molecular flexibility index (Phi) is 4.49. The molecule has 1 amide bonds. The molecule has 7 nitrogen and oxygen atoms in total. The van der Waals surface area contributed by atoms with Crippen molar-refractivity contribution in [1.82, 2.24) is 24.6 Å². The van der Waals surface area contributed by atoms with Gasteiger partial charge in [-0.1, -0.05) is 29.3 Å². The van der Waals surface area contributed by atoms with Gasteiger partial charge in [-0.3, -0.25) is 9.78 Å². The Morgan fingerprint density at radius 3 is 2.79 bits per heavy atom. The minimum atomic E-state index is -0.671. The summed E-state index contributed by atoms with van der Waals surface area (Å²) in [7, 11) is 0. The van der Waals surface area contributed by atoms with Crippen molar-refractivity contribution in [2.75, 3.05) is 13.2 Å². The zero-order valence-corrected chi connectivity index (χ0v) is 16.4. The average molecular weight is 434 g/mol. The van der Waals surface area contributed by atoms with Gasteiger partial charge in [-0.05, 0) is 24.3 Å². The van der Waals surface area contributed by atoms with Gasteiger partial charge < -0.3 is 14.2 Å². The van der Waals surface area contributed by atoms with Crippen LogP contribution in [-0.2, 0) is 11.3 Å². The molecule has 3 aromatic rings. The molecule has 2 aliphatic heterocycles. The molecular weight excluding hydrogens is 420 g/mol. The van der Waals surface area contributed by atoms with E-state index in [9.17, 15) is 9.18 Å². The van der Waals surface area contributed by atoms with Crippen molar-refractivity contribution in [2.45, 2.75) is 18.6 Å². The number of hydrogen-bond acceptors (Lipinski definition) is 5. The third kappa shape index (κ3) is 2.90. The van der Waals surface area contributed by atoms with Crippen LogP contribution in [0.1, 0.15) is 22.2 Å². The summed E-state index contributed by atoms with van der Waals surface area (Å²) >= 11 is 12.1. The molecule has 0 N–H and O–H groups in total. The number of carbonyl (C=O) groups is 1. The second kappa shape index (κ2) is 7.05. The maximum atomic E-state index is 13.7. The molecule has 4 heterocycles. The first-order valence-electron chi connectivity index (χ1n) is 8.94. The Morgan fingerprint density at radius 1 is 1.14 bits per heavy atom. The highest BCUT2D eigenvalue weighted by Crippen LogP contribution is 2.37. The van der Waals surface area contributed by atoms with Crippen LogP contribution in [-0.4, -0.2) is 49.8 Å².